The van der Waals surface area contributed by atoms with Crippen LogP contribution in [0.25, 0.3) is 0 Å². The summed E-state index contributed by atoms with van der Waals surface area (Å²) in [6.07, 6.45) is 5.86. The smallest absolute Gasteiger partial charge is 0.339 e. The van der Waals surface area contributed by atoms with Gasteiger partial charge in [0.25, 0.3) is 0 Å². The lowest BCUT2D eigenvalue weighted by Crippen LogP contribution is -2.10. The van der Waals surface area contributed by atoms with Crippen molar-refractivity contribution in [3.05, 3.63) is 94.3 Å². The Morgan fingerprint density at radius 2 is 1.87 bits per heavy atom. The van der Waals surface area contributed by atoms with E-state index in [1.165, 1.54) is 0 Å². The summed E-state index contributed by atoms with van der Waals surface area (Å²) in [6.45, 7) is 2.66. The standard InChI is InChI=1S/C23H24N4O3/c1-2-30-23(29)21-15-27(13-18-5-3-4-17(10-18)12-26-25)14-20(21)11-16-6-8-19(9-7-16)22(24)28/h3-10,12,14-15H,2,11,13,25H2,1H3,(H2,24,28). The predicted octanol–water partition coefficient (Wildman–Crippen LogP) is 2.70. The molecule has 7 heteroatoms. The second-order valence-corrected chi connectivity index (χ2v) is 6.85. The number of aromatic nitrogens is 1. The van der Waals surface area contributed by atoms with Gasteiger partial charge in [0.15, 0.2) is 0 Å². The molecular formula is C23H24N4O3. The fourth-order valence-corrected chi connectivity index (χ4v) is 3.26. The quantitative estimate of drug-likeness (QED) is 0.260. The molecule has 1 amide bonds. The second kappa shape index (κ2) is 9.56. The lowest BCUT2D eigenvalue weighted by Gasteiger charge is -2.05. The Kier molecular flexibility index (Phi) is 6.64. The van der Waals surface area contributed by atoms with E-state index in [1.54, 1.807) is 31.5 Å². The number of amides is 1. The van der Waals surface area contributed by atoms with Gasteiger partial charge in [0.05, 0.1) is 18.4 Å². The number of carbonyl (C=O) groups is 2. The van der Waals surface area contributed by atoms with Crippen molar-refractivity contribution in [1.82, 2.24) is 4.57 Å². The maximum Gasteiger partial charge on any atom is 0.339 e. The van der Waals surface area contributed by atoms with Crippen LogP contribution in [0.15, 0.2) is 66.0 Å². The second-order valence-electron chi connectivity index (χ2n) is 6.85. The third-order valence-electron chi connectivity index (χ3n) is 4.63. The lowest BCUT2D eigenvalue weighted by atomic mass is 10.0. The Labute approximate surface area is 175 Å². The fourth-order valence-electron chi connectivity index (χ4n) is 3.26. The van der Waals surface area contributed by atoms with Gasteiger partial charge in [-0.05, 0) is 53.8 Å². The predicted molar refractivity (Wildman–Crippen MR) is 115 cm³/mol. The molecule has 7 nitrogen and oxygen atoms in total. The van der Waals surface area contributed by atoms with Gasteiger partial charge in [0.1, 0.15) is 0 Å². The first-order valence-corrected chi connectivity index (χ1v) is 9.57. The summed E-state index contributed by atoms with van der Waals surface area (Å²) in [5.41, 5.74) is 10.0. The van der Waals surface area contributed by atoms with Crippen LogP contribution in [0.2, 0.25) is 0 Å². The summed E-state index contributed by atoms with van der Waals surface area (Å²) in [5, 5.41) is 3.56. The molecule has 0 aliphatic carbocycles. The van der Waals surface area contributed by atoms with E-state index in [1.807, 2.05) is 47.2 Å². The van der Waals surface area contributed by atoms with E-state index in [2.05, 4.69) is 5.10 Å². The first kappa shape index (κ1) is 20.9. The number of primary amides is 1. The maximum atomic E-state index is 12.5. The van der Waals surface area contributed by atoms with Crippen LogP contribution in [-0.4, -0.2) is 29.3 Å². The molecule has 0 atom stereocenters. The van der Waals surface area contributed by atoms with Gasteiger partial charge in [-0.15, -0.1) is 0 Å². The molecule has 3 aromatic rings. The van der Waals surface area contributed by atoms with Crippen molar-refractivity contribution >= 4 is 18.1 Å². The van der Waals surface area contributed by atoms with Crippen LogP contribution < -0.4 is 11.6 Å². The Bertz CT molecular complexity index is 1070. The third-order valence-corrected chi connectivity index (χ3v) is 4.63. The summed E-state index contributed by atoms with van der Waals surface area (Å²) in [7, 11) is 0. The highest BCUT2D eigenvalue weighted by Crippen LogP contribution is 2.19. The third kappa shape index (κ3) is 5.14. The van der Waals surface area contributed by atoms with Gasteiger partial charge >= 0.3 is 5.97 Å². The molecule has 0 aliphatic rings. The summed E-state index contributed by atoms with van der Waals surface area (Å²) >= 11 is 0. The van der Waals surface area contributed by atoms with Crippen LogP contribution in [0.1, 0.15) is 49.9 Å². The number of hydrogen-bond donors (Lipinski definition) is 2. The normalized spacial score (nSPS) is 11.0. The van der Waals surface area contributed by atoms with Crippen molar-refractivity contribution in [2.45, 2.75) is 19.9 Å². The molecule has 154 valence electrons. The van der Waals surface area contributed by atoms with E-state index >= 15 is 0 Å². The number of esters is 1. The highest BCUT2D eigenvalue weighted by atomic mass is 16.5. The summed E-state index contributed by atoms with van der Waals surface area (Å²) < 4.78 is 7.18. The van der Waals surface area contributed by atoms with E-state index in [9.17, 15) is 9.59 Å². The van der Waals surface area contributed by atoms with E-state index < -0.39 is 5.91 Å². The van der Waals surface area contributed by atoms with Gasteiger partial charge in [-0.2, -0.15) is 5.10 Å². The first-order valence-electron chi connectivity index (χ1n) is 9.57. The molecule has 3 rings (SSSR count). The summed E-state index contributed by atoms with van der Waals surface area (Å²) in [6, 6.07) is 14.9. The van der Waals surface area contributed by atoms with Gasteiger partial charge in [-0.25, -0.2) is 4.79 Å². The molecule has 4 N–H and O–H groups in total. The SMILES string of the molecule is CCOC(=O)c1cn(Cc2cccc(C=NN)c2)cc1Cc1ccc(C(N)=O)cc1. The topological polar surface area (TPSA) is 113 Å². The zero-order valence-electron chi connectivity index (χ0n) is 16.7. The van der Waals surface area contributed by atoms with Crippen LogP contribution in [0.5, 0.6) is 0 Å². The molecule has 0 saturated carbocycles. The van der Waals surface area contributed by atoms with Gasteiger partial charge in [-0.3, -0.25) is 4.79 Å². The molecule has 0 bridgehead atoms. The van der Waals surface area contributed by atoms with Crippen molar-refractivity contribution in [2.24, 2.45) is 16.7 Å². The molecule has 1 heterocycles. The summed E-state index contributed by atoms with van der Waals surface area (Å²) in [5.74, 6) is 4.41. The van der Waals surface area contributed by atoms with Crippen LogP contribution in [0, 0.1) is 0 Å². The Morgan fingerprint density at radius 3 is 2.53 bits per heavy atom. The highest BCUT2D eigenvalue weighted by Gasteiger charge is 2.16. The number of nitrogens with two attached hydrogens (primary N) is 2. The average Bonchev–Trinajstić information content (AvgIpc) is 3.11. The highest BCUT2D eigenvalue weighted by molar-refractivity contribution is 5.93. The average molecular weight is 404 g/mol. The number of hydrazone groups is 1. The zero-order valence-corrected chi connectivity index (χ0v) is 16.7. The van der Waals surface area contributed by atoms with Crippen LogP contribution >= 0.6 is 0 Å². The van der Waals surface area contributed by atoms with Crippen molar-refractivity contribution in [2.75, 3.05) is 6.61 Å². The van der Waals surface area contributed by atoms with Gasteiger partial charge < -0.3 is 20.9 Å². The molecule has 1 aromatic heterocycles. The van der Waals surface area contributed by atoms with Crippen LogP contribution in [0.3, 0.4) is 0 Å². The molecule has 0 radical (unpaired) electrons. The monoisotopic (exact) mass is 404 g/mol. The van der Waals surface area contributed by atoms with Gasteiger partial charge in [0.2, 0.25) is 5.91 Å². The summed E-state index contributed by atoms with van der Waals surface area (Å²) in [4.78, 5) is 23.7. The minimum Gasteiger partial charge on any atom is -0.462 e. The van der Waals surface area contributed by atoms with E-state index in [-0.39, 0.29) is 5.97 Å². The largest absolute Gasteiger partial charge is 0.462 e. The Hall–Kier alpha value is -3.87. The Balaban J connectivity index is 1.88. The van der Waals surface area contributed by atoms with Crippen molar-refractivity contribution in [3.8, 4) is 0 Å². The van der Waals surface area contributed by atoms with Crippen molar-refractivity contribution in [3.63, 3.8) is 0 Å². The Morgan fingerprint density at radius 1 is 1.10 bits per heavy atom. The van der Waals surface area contributed by atoms with Gasteiger partial charge in [-0.1, -0.05) is 30.3 Å². The lowest BCUT2D eigenvalue weighted by molar-refractivity contribution is 0.0525. The zero-order chi connectivity index (χ0) is 21.5. The van der Waals surface area contributed by atoms with Crippen molar-refractivity contribution in [1.29, 1.82) is 0 Å². The molecule has 0 spiro atoms. The first-order chi connectivity index (χ1) is 14.5. The molecule has 30 heavy (non-hydrogen) atoms. The molecule has 0 fully saturated rings. The number of nitrogens with zero attached hydrogens (tertiary/aromatic N) is 2. The minimum absolute atomic E-state index is 0.303. The number of rotatable bonds is 8. The maximum absolute atomic E-state index is 12.5. The van der Waals surface area contributed by atoms with E-state index in [4.69, 9.17) is 16.3 Å². The number of benzene rings is 2. The number of hydrogen-bond acceptors (Lipinski definition) is 5. The minimum atomic E-state index is -0.471. The molecule has 2 aromatic carbocycles. The molecule has 0 unspecified atom stereocenters. The molecule has 0 saturated heterocycles. The molecular weight excluding hydrogens is 380 g/mol. The molecule has 0 aliphatic heterocycles. The van der Waals surface area contributed by atoms with E-state index in [0.29, 0.717) is 30.7 Å². The fraction of sp³-hybridized carbons (Fsp3) is 0.174. The number of ether oxygens (including phenoxy) is 1. The number of carbonyl (C=O) groups excluding carboxylic acids is 2. The van der Waals surface area contributed by atoms with Gasteiger partial charge in [0, 0.05) is 24.5 Å². The van der Waals surface area contributed by atoms with E-state index in [0.717, 1.165) is 22.3 Å². The van der Waals surface area contributed by atoms with Crippen LogP contribution in [-0.2, 0) is 17.7 Å². The van der Waals surface area contributed by atoms with Crippen molar-refractivity contribution < 1.29 is 14.3 Å². The van der Waals surface area contributed by atoms with Crippen LogP contribution in [0.4, 0.5) is 0 Å².